The van der Waals surface area contributed by atoms with Crippen molar-refractivity contribution in [2.75, 3.05) is 23.4 Å². The molecule has 1 aromatic rings. The lowest BCUT2D eigenvalue weighted by molar-refractivity contribution is 0.0820. The van der Waals surface area contributed by atoms with E-state index in [2.05, 4.69) is 28.5 Å². The van der Waals surface area contributed by atoms with E-state index in [1.165, 1.54) is 11.5 Å². The third kappa shape index (κ3) is 3.82. The SMILES string of the molecule is CC(C)Cc1nsc(NCC2(O)CCSC2)n1. The molecule has 0 aromatic carbocycles. The number of nitrogens with zero attached hydrogens (tertiary/aromatic N) is 2. The summed E-state index contributed by atoms with van der Waals surface area (Å²) in [6.45, 7) is 4.90. The second-order valence-electron chi connectivity index (χ2n) is 4.99. The molecule has 1 saturated heterocycles. The molecule has 0 amide bonds. The molecule has 2 heterocycles. The Morgan fingerprint density at radius 3 is 3.00 bits per heavy atom. The molecule has 0 bridgehead atoms. The molecule has 1 unspecified atom stereocenters. The van der Waals surface area contributed by atoms with Gasteiger partial charge in [0.2, 0.25) is 5.13 Å². The molecule has 2 rings (SSSR count). The van der Waals surface area contributed by atoms with E-state index in [4.69, 9.17) is 0 Å². The lowest BCUT2D eigenvalue weighted by atomic mass is 10.0. The van der Waals surface area contributed by atoms with Crippen LogP contribution in [-0.2, 0) is 6.42 Å². The van der Waals surface area contributed by atoms with Crippen LogP contribution >= 0.6 is 23.3 Å². The fraction of sp³-hybridized carbons (Fsp3) is 0.818. The number of hydrogen-bond acceptors (Lipinski definition) is 6. The summed E-state index contributed by atoms with van der Waals surface area (Å²) in [6.07, 6.45) is 1.78. The van der Waals surface area contributed by atoms with E-state index in [1.54, 1.807) is 0 Å². The molecule has 0 saturated carbocycles. The van der Waals surface area contributed by atoms with E-state index in [0.29, 0.717) is 12.5 Å². The van der Waals surface area contributed by atoms with Crippen LogP contribution in [0.4, 0.5) is 5.13 Å². The van der Waals surface area contributed by atoms with Gasteiger partial charge in [0.1, 0.15) is 5.82 Å². The van der Waals surface area contributed by atoms with Gasteiger partial charge < -0.3 is 10.4 Å². The molecule has 17 heavy (non-hydrogen) atoms. The number of rotatable bonds is 5. The highest BCUT2D eigenvalue weighted by Crippen LogP contribution is 2.28. The second kappa shape index (κ2) is 5.54. The van der Waals surface area contributed by atoms with Gasteiger partial charge >= 0.3 is 0 Å². The summed E-state index contributed by atoms with van der Waals surface area (Å²) in [4.78, 5) is 4.42. The monoisotopic (exact) mass is 273 g/mol. The summed E-state index contributed by atoms with van der Waals surface area (Å²) >= 11 is 3.19. The van der Waals surface area contributed by atoms with Crippen molar-refractivity contribution in [3.8, 4) is 0 Å². The van der Waals surface area contributed by atoms with Crippen LogP contribution in [0.3, 0.4) is 0 Å². The third-order valence-electron chi connectivity index (χ3n) is 2.71. The summed E-state index contributed by atoms with van der Waals surface area (Å²) in [6, 6.07) is 0. The molecule has 1 aliphatic rings. The van der Waals surface area contributed by atoms with Crippen molar-refractivity contribution in [1.82, 2.24) is 9.36 Å². The van der Waals surface area contributed by atoms with Gasteiger partial charge in [-0.3, -0.25) is 0 Å². The minimum atomic E-state index is -0.561. The Kier molecular flexibility index (Phi) is 4.27. The van der Waals surface area contributed by atoms with Crippen molar-refractivity contribution < 1.29 is 5.11 Å². The molecule has 2 N–H and O–H groups in total. The van der Waals surface area contributed by atoms with Crippen LogP contribution in [-0.4, -0.2) is 38.1 Å². The van der Waals surface area contributed by atoms with Gasteiger partial charge in [0.05, 0.1) is 5.60 Å². The predicted molar refractivity (Wildman–Crippen MR) is 73.8 cm³/mol. The third-order valence-corrected chi connectivity index (χ3v) is 4.65. The number of aromatic nitrogens is 2. The normalized spacial score (nSPS) is 24.5. The van der Waals surface area contributed by atoms with Crippen molar-refractivity contribution in [2.45, 2.75) is 32.3 Å². The van der Waals surface area contributed by atoms with Gasteiger partial charge in [0, 0.05) is 30.3 Å². The average molecular weight is 273 g/mol. The molecule has 1 aliphatic heterocycles. The minimum Gasteiger partial charge on any atom is -0.387 e. The summed E-state index contributed by atoms with van der Waals surface area (Å²) in [5, 5.41) is 14.2. The fourth-order valence-electron chi connectivity index (χ4n) is 1.75. The number of hydrogen-bond donors (Lipinski definition) is 2. The van der Waals surface area contributed by atoms with E-state index in [1.807, 2.05) is 11.8 Å². The van der Waals surface area contributed by atoms with Gasteiger partial charge in [0.15, 0.2) is 0 Å². The highest BCUT2D eigenvalue weighted by Gasteiger charge is 2.31. The van der Waals surface area contributed by atoms with Gasteiger partial charge in [-0.25, -0.2) is 4.98 Å². The highest BCUT2D eigenvalue weighted by molar-refractivity contribution is 7.99. The van der Waals surface area contributed by atoms with Crippen LogP contribution in [0, 0.1) is 5.92 Å². The van der Waals surface area contributed by atoms with E-state index >= 15 is 0 Å². The molecule has 1 aromatic heterocycles. The van der Waals surface area contributed by atoms with Crippen LogP contribution < -0.4 is 5.32 Å². The van der Waals surface area contributed by atoms with Crippen LogP contribution in [0.5, 0.6) is 0 Å². The Morgan fingerprint density at radius 2 is 2.35 bits per heavy atom. The van der Waals surface area contributed by atoms with Gasteiger partial charge in [0.25, 0.3) is 0 Å². The molecule has 96 valence electrons. The molecule has 1 atom stereocenters. The number of aliphatic hydroxyl groups is 1. The van der Waals surface area contributed by atoms with Gasteiger partial charge in [-0.2, -0.15) is 16.1 Å². The lowest BCUT2D eigenvalue weighted by Gasteiger charge is -2.20. The molecule has 0 radical (unpaired) electrons. The zero-order valence-electron chi connectivity index (χ0n) is 10.3. The van der Waals surface area contributed by atoms with Crippen molar-refractivity contribution in [3.63, 3.8) is 0 Å². The summed E-state index contributed by atoms with van der Waals surface area (Å²) in [5.41, 5.74) is -0.561. The first-order valence-electron chi connectivity index (χ1n) is 5.94. The fourth-order valence-corrected chi connectivity index (χ4v) is 3.63. The average Bonchev–Trinajstić information content (AvgIpc) is 2.85. The summed E-state index contributed by atoms with van der Waals surface area (Å²) in [7, 11) is 0. The minimum absolute atomic E-state index is 0.561. The summed E-state index contributed by atoms with van der Waals surface area (Å²) in [5.74, 6) is 3.35. The molecular formula is C11H19N3OS2. The van der Waals surface area contributed by atoms with E-state index in [0.717, 1.165) is 35.3 Å². The zero-order valence-corrected chi connectivity index (χ0v) is 11.9. The van der Waals surface area contributed by atoms with Crippen molar-refractivity contribution >= 4 is 28.4 Å². The maximum atomic E-state index is 10.2. The standard InChI is InChI=1S/C11H19N3OS2/c1-8(2)5-9-13-10(17-14-9)12-6-11(15)3-4-16-7-11/h8,15H,3-7H2,1-2H3,(H,12,13,14). The first-order valence-corrected chi connectivity index (χ1v) is 7.87. The van der Waals surface area contributed by atoms with E-state index in [-0.39, 0.29) is 0 Å². The number of thioether (sulfide) groups is 1. The van der Waals surface area contributed by atoms with Gasteiger partial charge in [-0.1, -0.05) is 13.8 Å². The lowest BCUT2D eigenvalue weighted by Crippen LogP contribution is -2.36. The Hall–Kier alpha value is -0.330. The van der Waals surface area contributed by atoms with Gasteiger partial charge in [-0.05, 0) is 18.1 Å². The van der Waals surface area contributed by atoms with E-state index in [9.17, 15) is 5.11 Å². The Labute approximate surface area is 110 Å². The first kappa shape index (κ1) is 13.1. The highest BCUT2D eigenvalue weighted by atomic mass is 32.2. The molecule has 4 nitrogen and oxygen atoms in total. The molecule has 0 aliphatic carbocycles. The Morgan fingerprint density at radius 1 is 1.53 bits per heavy atom. The zero-order chi connectivity index (χ0) is 12.3. The van der Waals surface area contributed by atoms with Crippen molar-refractivity contribution in [2.24, 2.45) is 5.92 Å². The first-order chi connectivity index (χ1) is 8.07. The van der Waals surface area contributed by atoms with Crippen molar-refractivity contribution in [3.05, 3.63) is 5.82 Å². The Balaban J connectivity index is 1.84. The van der Waals surface area contributed by atoms with Crippen LogP contribution in [0.25, 0.3) is 0 Å². The van der Waals surface area contributed by atoms with Crippen LogP contribution in [0.15, 0.2) is 0 Å². The second-order valence-corrected chi connectivity index (χ2v) is 6.85. The molecule has 1 fully saturated rings. The molecule has 6 heteroatoms. The predicted octanol–water partition coefficient (Wildman–Crippen LogP) is 2.02. The van der Waals surface area contributed by atoms with Crippen LogP contribution in [0.2, 0.25) is 0 Å². The molecular weight excluding hydrogens is 254 g/mol. The number of nitrogens with one attached hydrogen (secondary N) is 1. The number of anilines is 1. The Bertz CT molecular complexity index is 361. The quantitative estimate of drug-likeness (QED) is 0.859. The molecule has 0 spiro atoms. The topological polar surface area (TPSA) is 58.0 Å². The van der Waals surface area contributed by atoms with E-state index < -0.39 is 5.60 Å². The maximum Gasteiger partial charge on any atom is 0.202 e. The largest absolute Gasteiger partial charge is 0.387 e. The van der Waals surface area contributed by atoms with Crippen LogP contribution in [0.1, 0.15) is 26.1 Å². The maximum absolute atomic E-state index is 10.2. The van der Waals surface area contributed by atoms with Gasteiger partial charge in [-0.15, -0.1) is 0 Å². The summed E-state index contributed by atoms with van der Waals surface area (Å²) < 4.78 is 4.31. The smallest absolute Gasteiger partial charge is 0.202 e. The van der Waals surface area contributed by atoms with Crippen molar-refractivity contribution in [1.29, 1.82) is 0 Å².